The van der Waals surface area contributed by atoms with E-state index in [0.29, 0.717) is 5.89 Å². The first-order valence-corrected chi connectivity index (χ1v) is 4.20. The van der Waals surface area contributed by atoms with Crippen LogP contribution in [0.25, 0.3) is 0 Å². The summed E-state index contributed by atoms with van der Waals surface area (Å²) < 4.78 is 40.9. The van der Waals surface area contributed by atoms with Crippen LogP contribution in [-0.2, 0) is 11.8 Å². The van der Waals surface area contributed by atoms with Crippen molar-refractivity contribution in [1.29, 1.82) is 0 Å². The molecule has 1 aromatic rings. The lowest BCUT2D eigenvalue weighted by Gasteiger charge is -2.12. The zero-order valence-corrected chi connectivity index (χ0v) is 8.27. The van der Waals surface area contributed by atoms with Crippen molar-refractivity contribution >= 4 is 0 Å². The molecule has 0 fully saturated rings. The monoisotopic (exact) mass is 207 g/mol. The van der Waals surface area contributed by atoms with Crippen LogP contribution in [0.4, 0.5) is 13.2 Å². The van der Waals surface area contributed by atoms with Crippen molar-refractivity contribution in [1.82, 2.24) is 4.98 Å². The fourth-order valence-corrected chi connectivity index (χ4v) is 0.934. The van der Waals surface area contributed by atoms with Crippen LogP contribution in [0.2, 0.25) is 0 Å². The third kappa shape index (κ3) is 3.05. The largest absolute Gasteiger partial charge is 0.445 e. The topological polar surface area (TPSA) is 26.0 Å². The maximum atomic E-state index is 12.0. The Morgan fingerprint density at radius 1 is 1.29 bits per heavy atom. The van der Waals surface area contributed by atoms with E-state index in [2.05, 4.69) is 4.98 Å². The molecule has 1 rings (SSSR count). The molecule has 0 unspecified atom stereocenters. The van der Waals surface area contributed by atoms with Crippen molar-refractivity contribution in [2.24, 2.45) is 0 Å². The van der Waals surface area contributed by atoms with Gasteiger partial charge in [0.05, 0.1) is 6.20 Å². The number of halogens is 3. The van der Waals surface area contributed by atoms with E-state index in [1.165, 1.54) is 0 Å². The highest BCUT2D eigenvalue weighted by molar-refractivity contribution is 5.03. The maximum Gasteiger partial charge on any atom is 0.396 e. The summed E-state index contributed by atoms with van der Waals surface area (Å²) >= 11 is 0. The molecule has 0 saturated carbocycles. The SMILES string of the molecule is CC(C)(C)c1ncc(CC(F)(F)F)o1. The molecule has 1 aromatic heterocycles. The Hall–Kier alpha value is -1.00. The van der Waals surface area contributed by atoms with Crippen molar-refractivity contribution < 1.29 is 17.6 Å². The maximum absolute atomic E-state index is 12.0. The Morgan fingerprint density at radius 3 is 2.21 bits per heavy atom. The summed E-state index contributed by atoms with van der Waals surface area (Å²) in [4.78, 5) is 3.80. The Kier molecular flexibility index (Phi) is 2.61. The van der Waals surface area contributed by atoms with Gasteiger partial charge in [0, 0.05) is 5.41 Å². The van der Waals surface area contributed by atoms with Crippen LogP contribution >= 0.6 is 0 Å². The van der Waals surface area contributed by atoms with E-state index in [1.54, 1.807) is 0 Å². The number of oxazole rings is 1. The number of aromatic nitrogens is 1. The van der Waals surface area contributed by atoms with Gasteiger partial charge in [-0.3, -0.25) is 0 Å². The van der Waals surface area contributed by atoms with Crippen molar-refractivity contribution in [2.75, 3.05) is 0 Å². The molecular formula is C9H12F3NO. The summed E-state index contributed by atoms with van der Waals surface area (Å²) in [7, 11) is 0. The first-order valence-electron chi connectivity index (χ1n) is 4.20. The molecule has 0 saturated heterocycles. The van der Waals surface area contributed by atoms with Crippen LogP contribution < -0.4 is 0 Å². The number of alkyl halides is 3. The molecule has 0 radical (unpaired) electrons. The van der Waals surface area contributed by atoms with Crippen LogP contribution in [0.3, 0.4) is 0 Å². The summed E-state index contributed by atoms with van der Waals surface area (Å²) in [5.41, 5.74) is -0.357. The van der Waals surface area contributed by atoms with Crippen LogP contribution in [-0.4, -0.2) is 11.2 Å². The molecule has 1 heterocycles. The van der Waals surface area contributed by atoms with E-state index in [0.717, 1.165) is 6.20 Å². The molecule has 0 aliphatic rings. The molecule has 14 heavy (non-hydrogen) atoms. The molecule has 5 heteroatoms. The Labute approximate surface area is 80.1 Å². The number of hydrogen-bond donors (Lipinski definition) is 0. The van der Waals surface area contributed by atoms with Crippen LogP contribution in [0.15, 0.2) is 10.6 Å². The van der Waals surface area contributed by atoms with Crippen LogP contribution in [0.1, 0.15) is 32.4 Å². The predicted octanol–water partition coefficient (Wildman–Crippen LogP) is 3.08. The van der Waals surface area contributed by atoms with Gasteiger partial charge in [0.25, 0.3) is 0 Å². The van der Waals surface area contributed by atoms with Gasteiger partial charge in [0.1, 0.15) is 12.2 Å². The highest BCUT2D eigenvalue weighted by atomic mass is 19.4. The zero-order valence-electron chi connectivity index (χ0n) is 8.27. The average Bonchev–Trinajstić information content (AvgIpc) is 2.29. The molecule has 0 amide bonds. The smallest absolute Gasteiger partial charge is 0.396 e. The summed E-state index contributed by atoms with van der Waals surface area (Å²) in [5.74, 6) is 0.194. The third-order valence-corrected chi connectivity index (χ3v) is 1.57. The summed E-state index contributed by atoms with van der Waals surface area (Å²) in [6.07, 6.45) is -4.17. The molecule has 0 N–H and O–H groups in total. The number of hydrogen-bond acceptors (Lipinski definition) is 2. The predicted molar refractivity (Wildman–Crippen MR) is 45.0 cm³/mol. The second-order valence-corrected chi connectivity index (χ2v) is 4.17. The quantitative estimate of drug-likeness (QED) is 0.707. The molecule has 0 atom stereocenters. The summed E-state index contributed by atoms with van der Waals surface area (Å²) in [5, 5.41) is 0. The van der Waals surface area contributed by atoms with Crippen LogP contribution in [0.5, 0.6) is 0 Å². The zero-order chi connectivity index (χ0) is 11.0. The average molecular weight is 207 g/mol. The minimum atomic E-state index is -4.24. The molecule has 0 aliphatic carbocycles. The summed E-state index contributed by atoms with van der Waals surface area (Å²) in [6.45, 7) is 5.49. The Morgan fingerprint density at radius 2 is 1.86 bits per heavy atom. The van der Waals surface area contributed by atoms with E-state index in [4.69, 9.17) is 4.42 Å². The lowest BCUT2D eigenvalue weighted by molar-refractivity contribution is -0.130. The van der Waals surface area contributed by atoms with Gasteiger partial charge in [0.2, 0.25) is 0 Å². The normalized spacial score (nSPS) is 13.3. The lowest BCUT2D eigenvalue weighted by atomic mass is 9.97. The van der Waals surface area contributed by atoms with Crippen molar-refractivity contribution in [3.8, 4) is 0 Å². The Bertz CT molecular complexity index is 309. The lowest BCUT2D eigenvalue weighted by Crippen LogP contribution is -2.12. The van der Waals surface area contributed by atoms with Crippen molar-refractivity contribution in [3.63, 3.8) is 0 Å². The van der Waals surface area contributed by atoms with Gasteiger partial charge in [-0.25, -0.2) is 4.98 Å². The molecule has 80 valence electrons. The molecule has 0 bridgehead atoms. The third-order valence-electron chi connectivity index (χ3n) is 1.57. The molecular weight excluding hydrogens is 195 g/mol. The van der Waals surface area contributed by atoms with E-state index in [9.17, 15) is 13.2 Å². The highest BCUT2D eigenvalue weighted by Gasteiger charge is 2.31. The van der Waals surface area contributed by atoms with Gasteiger partial charge in [0.15, 0.2) is 5.89 Å². The second-order valence-electron chi connectivity index (χ2n) is 4.17. The summed E-state index contributed by atoms with van der Waals surface area (Å²) in [6, 6.07) is 0. The fourth-order valence-electron chi connectivity index (χ4n) is 0.934. The molecule has 0 spiro atoms. The van der Waals surface area contributed by atoms with Gasteiger partial charge < -0.3 is 4.42 Å². The first-order chi connectivity index (χ1) is 6.18. The van der Waals surface area contributed by atoms with E-state index in [1.807, 2.05) is 20.8 Å². The van der Waals surface area contributed by atoms with Crippen molar-refractivity contribution in [2.45, 2.75) is 38.8 Å². The molecule has 2 nitrogen and oxygen atoms in total. The van der Waals surface area contributed by atoms with E-state index < -0.39 is 12.6 Å². The van der Waals surface area contributed by atoms with Gasteiger partial charge in [-0.05, 0) is 0 Å². The van der Waals surface area contributed by atoms with Gasteiger partial charge in [-0.1, -0.05) is 20.8 Å². The van der Waals surface area contributed by atoms with Gasteiger partial charge in [-0.15, -0.1) is 0 Å². The van der Waals surface area contributed by atoms with E-state index in [-0.39, 0.29) is 11.2 Å². The van der Waals surface area contributed by atoms with Crippen LogP contribution in [0, 0.1) is 0 Å². The first kappa shape index (κ1) is 11.1. The van der Waals surface area contributed by atoms with Gasteiger partial charge >= 0.3 is 6.18 Å². The van der Waals surface area contributed by atoms with Crippen molar-refractivity contribution in [3.05, 3.63) is 17.8 Å². The second kappa shape index (κ2) is 3.29. The Balaban J connectivity index is 2.79. The fraction of sp³-hybridized carbons (Fsp3) is 0.667. The van der Waals surface area contributed by atoms with E-state index >= 15 is 0 Å². The highest BCUT2D eigenvalue weighted by Crippen LogP contribution is 2.25. The number of rotatable bonds is 1. The minimum absolute atomic E-state index is 0.137. The standard InChI is InChI=1S/C9H12F3NO/c1-8(2,3)7-13-5-6(14-7)4-9(10,11)12/h5H,4H2,1-3H3. The molecule has 0 aromatic carbocycles. The minimum Gasteiger partial charge on any atom is -0.445 e. The number of nitrogens with zero attached hydrogens (tertiary/aromatic N) is 1. The van der Waals surface area contributed by atoms with Gasteiger partial charge in [-0.2, -0.15) is 13.2 Å². The molecule has 0 aliphatic heterocycles.